The van der Waals surface area contributed by atoms with E-state index in [1.807, 2.05) is 0 Å². The van der Waals surface area contributed by atoms with Crippen LogP contribution in [0.1, 0.15) is 11.3 Å². The van der Waals surface area contributed by atoms with Crippen LogP contribution in [-0.4, -0.2) is 18.6 Å². The number of rotatable bonds is 0. The van der Waals surface area contributed by atoms with Gasteiger partial charge in [0.15, 0.2) is 9.84 Å². The Morgan fingerprint density at radius 1 is 1.50 bits per heavy atom. The summed E-state index contributed by atoms with van der Waals surface area (Å²) in [7, 11) is -2.86. The van der Waals surface area contributed by atoms with Crippen LogP contribution in [0.25, 0.3) is 0 Å². The fourth-order valence-electron chi connectivity index (χ4n) is 1.03. The SMILES string of the molecule is O=S1(=O)Cc2[c]n[nH]c2C1. The van der Waals surface area contributed by atoms with E-state index in [9.17, 15) is 8.42 Å². The van der Waals surface area contributed by atoms with E-state index in [2.05, 4.69) is 16.4 Å². The number of H-pyrrole nitrogens is 1. The highest BCUT2D eigenvalue weighted by atomic mass is 32.2. The Morgan fingerprint density at radius 3 is 3.00 bits per heavy atom. The van der Waals surface area contributed by atoms with Gasteiger partial charge in [-0.25, -0.2) is 8.42 Å². The monoisotopic (exact) mass is 157 g/mol. The number of aromatic nitrogens is 2. The van der Waals surface area contributed by atoms with Crippen LogP contribution >= 0.6 is 0 Å². The van der Waals surface area contributed by atoms with Gasteiger partial charge < -0.3 is 0 Å². The quantitative estimate of drug-likeness (QED) is 0.559. The van der Waals surface area contributed by atoms with Crippen molar-refractivity contribution in [2.45, 2.75) is 11.5 Å². The van der Waals surface area contributed by atoms with Crippen LogP contribution in [0, 0.1) is 6.20 Å². The van der Waals surface area contributed by atoms with E-state index in [-0.39, 0.29) is 11.5 Å². The zero-order valence-electron chi connectivity index (χ0n) is 5.09. The second kappa shape index (κ2) is 1.60. The summed E-state index contributed by atoms with van der Waals surface area (Å²) in [6.07, 6.45) is 2.59. The van der Waals surface area contributed by atoms with Gasteiger partial charge in [0.25, 0.3) is 0 Å². The van der Waals surface area contributed by atoms with Crippen molar-refractivity contribution in [2.24, 2.45) is 0 Å². The second-order valence-electron chi connectivity index (χ2n) is 2.32. The van der Waals surface area contributed by atoms with E-state index in [1.54, 1.807) is 0 Å². The van der Waals surface area contributed by atoms with E-state index in [1.165, 1.54) is 0 Å². The van der Waals surface area contributed by atoms with Crippen molar-refractivity contribution in [3.8, 4) is 0 Å². The summed E-state index contributed by atoms with van der Waals surface area (Å²) in [6.45, 7) is 0. The molecule has 0 saturated carbocycles. The van der Waals surface area contributed by atoms with Crippen molar-refractivity contribution >= 4 is 9.84 Å². The average Bonchev–Trinajstić information content (AvgIpc) is 2.20. The molecule has 1 aliphatic heterocycles. The lowest BCUT2D eigenvalue weighted by Gasteiger charge is -1.85. The first-order valence-corrected chi connectivity index (χ1v) is 4.64. The zero-order chi connectivity index (χ0) is 7.19. The Bertz CT molecular complexity index is 325. The van der Waals surface area contributed by atoms with E-state index in [0.29, 0.717) is 11.3 Å². The summed E-state index contributed by atoms with van der Waals surface area (Å²) >= 11 is 0. The van der Waals surface area contributed by atoms with Gasteiger partial charge in [0, 0.05) is 5.56 Å². The molecule has 0 saturated heterocycles. The van der Waals surface area contributed by atoms with Gasteiger partial charge in [0.1, 0.15) is 6.20 Å². The lowest BCUT2D eigenvalue weighted by molar-refractivity contribution is 0.597. The minimum atomic E-state index is -2.86. The van der Waals surface area contributed by atoms with Gasteiger partial charge in [-0.1, -0.05) is 0 Å². The number of nitrogens with one attached hydrogen (secondary N) is 1. The molecule has 10 heavy (non-hydrogen) atoms. The van der Waals surface area contributed by atoms with Crippen LogP contribution in [0.5, 0.6) is 0 Å². The molecular weight excluding hydrogens is 152 g/mol. The maximum Gasteiger partial charge on any atom is 0.160 e. The fourth-order valence-corrected chi connectivity index (χ4v) is 2.49. The molecule has 0 atom stereocenters. The number of hydrogen-bond acceptors (Lipinski definition) is 3. The van der Waals surface area contributed by atoms with Crippen LogP contribution in [0.3, 0.4) is 0 Å². The number of hydrogen-bond donors (Lipinski definition) is 1. The number of sulfone groups is 1. The minimum Gasteiger partial charge on any atom is -0.281 e. The summed E-state index contributed by atoms with van der Waals surface area (Å²) in [6, 6.07) is 0. The molecule has 1 aliphatic rings. The number of nitrogens with zero attached hydrogens (tertiary/aromatic N) is 1. The molecule has 4 nitrogen and oxygen atoms in total. The Kier molecular flexibility index (Phi) is 0.947. The van der Waals surface area contributed by atoms with Crippen molar-refractivity contribution in [3.63, 3.8) is 0 Å². The van der Waals surface area contributed by atoms with Gasteiger partial charge in [-0.2, -0.15) is 5.10 Å². The third kappa shape index (κ3) is 0.740. The predicted molar refractivity (Wildman–Crippen MR) is 33.8 cm³/mol. The third-order valence-electron chi connectivity index (χ3n) is 1.47. The molecule has 1 radical (unpaired) electrons. The van der Waals surface area contributed by atoms with Gasteiger partial charge in [0.2, 0.25) is 0 Å². The van der Waals surface area contributed by atoms with Crippen LogP contribution in [0.2, 0.25) is 0 Å². The van der Waals surface area contributed by atoms with Crippen LogP contribution in [0.4, 0.5) is 0 Å². The van der Waals surface area contributed by atoms with E-state index in [0.717, 1.165) is 0 Å². The Labute approximate surface area is 58.2 Å². The molecule has 5 heteroatoms. The second-order valence-corrected chi connectivity index (χ2v) is 4.39. The summed E-state index contributed by atoms with van der Waals surface area (Å²) < 4.78 is 21.8. The first kappa shape index (κ1) is 5.91. The Hall–Kier alpha value is -0.840. The fraction of sp³-hybridized carbons (Fsp3) is 0.400. The first-order valence-electron chi connectivity index (χ1n) is 2.82. The normalized spacial score (nSPS) is 20.8. The smallest absolute Gasteiger partial charge is 0.160 e. The lowest BCUT2D eigenvalue weighted by Crippen LogP contribution is -1.97. The maximum atomic E-state index is 10.9. The molecule has 0 bridgehead atoms. The van der Waals surface area contributed by atoms with Crippen LogP contribution < -0.4 is 0 Å². The van der Waals surface area contributed by atoms with Crippen molar-refractivity contribution in [2.75, 3.05) is 0 Å². The van der Waals surface area contributed by atoms with E-state index >= 15 is 0 Å². The molecular formula is C5H5N2O2S. The molecule has 0 amide bonds. The molecule has 53 valence electrons. The summed E-state index contributed by atoms with van der Waals surface area (Å²) in [4.78, 5) is 0. The Morgan fingerprint density at radius 2 is 2.30 bits per heavy atom. The van der Waals surface area contributed by atoms with Crippen LogP contribution in [0.15, 0.2) is 0 Å². The van der Waals surface area contributed by atoms with Gasteiger partial charge in [-0.3, -0.25) is 5.10 Å². The van der Waals surface area contributed by atoms with Crippen molar-refractivity contribution in [3.05, 3.63) is 17.5 Å². The largest absolute Gasteiger partial charge is 0.281 e. The molecule has 0 fully saturated rings. The van der Waals surface area contributed by atoms with Crippen molar-refractivity contribution in [1.29, 1.82) is 0 Å². The topological polar surface area (TPSA) is 62.8 Å². The predicted octanol–water partition coefficient (Wildman–Crippen LogP) is -0.362. The number of fused-ring (bicyclic) bond motifs is 1. The van der Waals surface area contributed by atoms with E-state index in [4.69, 9.17) is 0 Å². The minimum absolute atomic E-state index is 0.0961. The van der Waals surface area contributed by atoms with Crippen LogP contribution in [-0.2, 0) is 21.3 Å². The Balaban J connectivity index is 2.56. The summed E-state index contributed by atoms with van der Waals surface area (Å²) in [5.41, 5.74) is 1.39. The molecule has 1 aromatic rings. The molecule has 0 unspecified atom stereocenters. The zero-order valence-corrected chi connectivity index (χ0v) is 5.90. The molecule has 0 aromatic carbocycles. The van der Waals surface area contributed by atoms with Gasteiger partial charge in [-0.05, 0) is 0 Å². The first-order chi connectivity index (χ1) is 4.67. The molecule has 0 aliphatic carbocycles. The van der Waals surface area contributed by atoms with Gasteiger partial charge in [0.05, 0.1) is 17.2 Å². The molecule has 2 rings (SSSR count). The highest BCUT2D eigenvalue weighted by Gasteiger charge is 2.26. The highest BCUT2D eigenvalue weighted by Crippen LogP contribution is 2.21. The highest BCUT2D eigenvalue weighted by molar-refractivity contribution is 7.90. The average molecular weight is 157 g/mol. The summed E-state index contributed by atoms with van der Waals surface area (Å²) in [5, 5.41) is 6.18. The summed E-state index contributed by atoms with van der Waals surface area (Å²) in [5.74, 6) is 0.192. The molecule has 1 N–H and O–H groups in total. The molecule has 2 heterocycles. The van der Waals surface area contributed by atoms with Gasteiger partial charge >= 0.3 is 0 Å². The van der Waals surface area contributed by atoms with E-state index < -0.39 is 9.84 Å². The maximum absolute atomic E-state index is 10.9. The molecule has 0 spiro atoms. The molecule has 1 aromatic heterocycles. The number of aromatic amines is 1. The third-order valence-corrected chi connectivity index (χ3v) is 2.93. The van der Waals surface area contributed by atoms with Crippen molar-refractivity contribution in [1.82, 2.24) is 10.2 Å². The lowest BCUT2D eigenvalue weighted by atomic mass is 10.3. The standard InChI is InChI=1S/C5H5N2O2S/c8-10(9)2-4-1-6-7-5(4)3-10/h2-3H2,(H,6,7). The van der Waals surface area contributed by atoms with Gasteiger partial charge in [-0.15, -0.1) is 0 Å². The van der Waals surface area contributed by atoms with Crippen molar-refractivity contribution < 1.29 is 8.42 Å².